The number of nitrogens with zero attached hydrogens (tertiary/aromatic N) is 1. The minimum atomic E-state index is 0.607. The number of nitrogen functional groups attached to an aromatic ring is 1. The first-order chi connectivity index (χ1) is 5.75. The summed E-state index contributed by atoms with van der Waals surface area (Å²) in [7, 11) is 0. The molecular formula is C9H12N2O. The van der Waals surface area contributed by atoms with Gasteiger partial charge in [-0.05, 0) is 19.9 Å². The van der Waals surface area contributed by atoms with E-state index in [1.165, 1.54) is 0 Å². The average Bonchev–Trinajstić information content (AvgIpc) is 2.36. The maximum atomic E-state index is 5.65. The number of allylic oxidation sites excluding steroid dienone is 3. The smallest absolute Gasteiger partial charge is 0.182 e. The van der Waals surface area contributed by atoms with Gasteiger partial charge in [0.25, 0.3) is 0 Å². The largest absolute Gasteiger partial charge is 0.394 e. The van der Waals surface area contributed by atoms with Crippen molar-refractivity contribution in [2.45, 2.75) is 13.8 Å². The van der Waals surface area contributed by atoms with E-state index in [0.29, 0.717) is 11.4 Å². The van der Waals surface area contributed by atoms with Gasteiger partial charge < -0.3 is 10.3 Å². The molecule has 0 amide bonds. The zero-order chi connectivity index (χ0) is 8.97. The number of hydrogen-bond donors (Lipinski definition) is 1. The molecule has 2 N–H and O–H groups in total. The van der Waals surface area contributed by atoms with Gasteiger partial charge in [-0.15, -0.1) is 0 Å². The van der Waals surface area contributed by atoms with Crippen LogP contribution in [-0.2, 0) is 0 Å². The predicted octanol–water partition coefficient (Wildman–Crippen LogP) is 2.15. The second kappa shape index (κ2) is 3.76. The van der Waals surface area contributed by atoms with Crippen LogP contribution in [0.4, 0.5) is 5.69 Å². The molecule has 0 saturated heterocycles. The van der Waals surface area contributed by atoms with Gasteiger partial charge in [0, 0.05) is 0 Å². The first-order valence-electron chi connectivity index (χ1n) is 3.77. The van der Waals surface area contributed by atoms with Crippen LogP contribution in [0.1, 0.15) is 18.4 Å². The Bertz CT molecular complexity index is 310. The fourth-order valence-electron chi connectivity index (χ4n) is 0.769. The van der Waals surface area contributed by atoms with Crippen LogP contribution in [0.5, 0.6) is 0 Å². The first kappa shape index (κ1) is 8.59. The highest BCUT2D eigenvalue weighted by atomic mass is 16.5. The van der Waals surface area contributed by atoms with Crippen LogP contribution in [0.15, 0.2) is 22.8 Å². The van der Waals surface area contributed by atoms with Crippen molar-refractivity contribution >= 4 is 11.8 Å². The number of rotatable bonds is 2. The van der Waals surface area contributed by atoms with Gasteiger partial charge >= 0.3 is 0 Å². The van der Waals surface area contributed by atoms with Crippen molar-refractivity contribution in [1.29, 1.82) is 0 Å². The van der Waals surface area contributed by atoms with Crippen LogP contribution in [0.25, 0.3) is 6.08 Å². The fraction of sp³-hybridized carbons (Fsp3) is 0.222. The second-order valence-electron chi connectivity index (χ2n) is 2.43. The lowest BCUT2D eigenvalue weighted by molar-refractivity contribution is 0.408. The maximum absolute atomic E-state index is 5.65. The van der Waals surface area contributed by atoms with E-state index in [4.69, 9.17) is 10.3 Å². The molecule has 1 aromatic heterocycles. The summed E-state index contributed by atoms with van der Waals surface area (Å²) in [6.07, 6.45) is 7.47. The highest BCUT2D eigenvalue weighted by Gasteiger charge is 2.04. The van der Waals surface area contributed by atoms with E-state index in [9.17, 15) is 0 Å². The van der Waals surface area contributed by atoms with Crippen LogP contribution >= 0.6 is 0 Å². The quantitative estimate of drug-likeness (QED) is 0.681. The molecule has 0 atom stereocenters. The van der Waals surface area contributed by atoms with Crippen molar-refractivity contribution in [3.05, 3.63) is 29.7 Å². The molecule has 1 aromatic rings. The number of aromatic nitrogens is 1. The summed E-state index contributed by atoms with van der Waals surface area (Å²) in [4.78, 5) is 0. The van der Waals surface area contributed by atoms with Gasteiger partial charge in [-0.1, -0.05) is 23.4 Å². The number of aryl methyl sites for hydroxylation is 1. The summed E-state index contributed by atoms with van der Waals surface area (Å²) in [6.45, 7) is 3.76. The Morgan fingerprint density at radius 3 is 2.67 bits per heavy atom. The van der Waals surface area contributed by atoms with Gasteiger partial charge in [0.15, 0.2) is 5.76 Å². The van der Waals surface area contributed by atoms with Crippen LogP contribution < -0.4 is 5.73 Å². The van der Waals surface area contributed by atoms with Crippen LogP contribution in [0.2, 0.25) is 0 Å². The molecule has 3 nitrogen and oxygen atoms in total. The monoisotopic (exact) mass is 164 g/mol. The molecule has 0 spiro atoms. The van der Waals surface area contributed by atoms with E-state index in [1.807, 2.05) is 32.1 Å². The van der Waals surface area contributed by atoms with Crippen molar-refractivity contribution in [3.63, 3.8) is 0 Å². The molecule has 0 saturated carbocycles. The topological polar surface area (TPSA) is 52.0 Å². The molecule has 0 aromatic carbocycles. The summed E-state index contributed by atoms with van der Waals surface area (Å²) in [6, 6.07) is 0. The molecule has 0 radical (unpaired) electrons. The van der Waals surface area contributed by atoms with Gasteiger partial charge in [-0.3, -0.25) is 0 Å². The fourth-order valence-corrected chi connectivity index (χ4v) is 0.769. The van der Waals surface area contributed by atoms with Gasteiger partial charge in [0.05, 0.1) is 0 Å². The second-order valence-corrected chi connectivity index (χ2v) is 2.43. The molecule has 64 valence electrons. The first-order valence-corrected chi connectivity index (χ1v) is 3.77. The Balaban J connectivity index is 2.82. The van der Waals surface area contributed by atoms with Crippen LogP contribution in [0, 0.1) is 6.92 Å². The molecule has 1 heterocycles. The maximum Gasteiger partial charge on any atom is 0.182 e. The van der Waals surface area contributed by atoms with E-state index < -0.39 is 0 Å². The standard InChI is InChI=1S/C9H12N2O/c1-3-4-5-6-8-9(10)7(2)11-12-8/h3-6H,10H2,1-2H3/b4-3-,6-5-. The third-order valence-electron chi connectivity index (χ3n) is 1.49. The molecular weight excluding hydrogens is 152 g/mol. The SMILES string of the molecule is C/C=C\C=C/c1onc(C)c1N. The summed E-state index contributed by atoms with van der Waals surface area (Å²) in [5.41, 5.74) is 6.99. The van der Waals surface area contributed by atoms with Gasteiger partial charge in [0.1, 0.15) is 11.4 Å². The Morgan fingerprint density at radius 1 is 1.42 bits per heavy atom. The number of nitrogens with two attached hydrogens (primary N) is 1. The number of anilines is 1. The molecule has 0 fully saturated rings. The predicted molar refractivity (Wildman–Crippen MR) is 49.5 cm³/mol. The molecule has 0 aliphatic carbocycles. The van der Waals surface area contributed by atoms with Crippen molar-refractivity contribution in [1.82, 2.24) is 5.16 Å². The lowest BCUT2D eigenvalue weighted by atomic mass is 10.3. The van der Waals surface area contributed by atoms with Crippen molar-refractivity contribution < 1.29 is 4.52 Å². The van der Waals surface area contributed by atoms with Crippen molar-refractivity contribution in [3.8, 4) is 0 Å². The lowest BCUT2D eigenvalue weighted by Gasteiger charge is -1.85. The summed E-state index contributed by atoms with van der Waals surface area (Å²) >= 11 is 0. The molecule has 0 bridgehead atoms. The Hall–Kier alpha value is -1.51. The number of hydrogen-bond acceptors (Lipinski definition) is 3. The van der Waals surface area contributed by atoms with E-state index in [1.54, 1.807) is 6.08 Å². The van der Waals surface area contributed by atoms with Crippen molar-refractivity contribution in [2.75, 3.05) is 5.73 Å². The molecule has 12 heavy (non-hydrogen) atoms. The summed E-state index contributed by atoms with van der Waals surface area (Å²) < 4.78 is 4.95. The van der Waals surface area contributed by atoms with E-state index in [-0.39, 0.29) is 0 Å². The zero-order valence-corrected chi connectivity index (χ0v) is 7.24. The third-order valence-corrected chi connectivity index (χ3v) is 1.49. The molecule has 3 heteroatoms. The van der Waals surface area contributed by atoms with Crippen molar-refractivity contribution in [2.24, 2.45) is 0 Å². The minimum absolute atomic E-state index is 0.607. The highest BCUT2D eigenvalue weighted by Crippen LogP contribution is 2.16. The lowest BCUT2D eigenvalue weighted by Crippen LogP contribution is -1.86. The molecule has 0 aliphatic rings. The zero-order valence-electron chi connectivity index (χ0n) is 7.24. The molecule has 0 aliphatic heterocycles. The van der Waals surface area contributed by atoms with Gasteiger partial charge in [0.2, 0.25) is 0 Å². The highest BCUT2D eigenvalue weighted by molar-refractivity contribution is 5.61. The summed E-state index contributed by atoms with van der Waals surface area (Å²) in [5.74, 6) is 0.616. The molecule has 0 unspecified atom stereocenters. The van der Waals surface area contributed by atoms with E-state index >= 15 is 0 Å². The Morgan fingerprint density at radius 2 is 2.17 bits per heavy atom. The van der Waals surface area contributed by atoms with Crippen LogP contribution in [0.3, 0.4) is 0 Å². The minimum Gasteiger partial charge on any atom is -0.394 e. The normalized spacial score (nSPS) is 11.8. The van der Waals surface area contributed by atoms with Gasteiger partial charge in [-0.2, -0.15) is 0 Å². The summed E-state index contributed by atoms with van der Waals surface area (Å²) in [5, 5.41) is 3.72. The Labute approximate surface area is 71.5 Å². The van der Waals surface area contributed by atoms with Gasteiger partial charge in [-0.25, -0.2) is 0 Å². The third kappa shape index (κ3) is 1.75. The average molecular weight is 164 g/mol. The van der Waals surface area contributed by atoms with Crippen LogP contribution in [-0.4, -0.2) is 5.16 Å². The van der Waals surface area contributed by atoms with E-state index in [0.717, 1.165) is 5.69 Å². The molecule has 1 rings (SSSR count). The van der Waals surface area contributed by atoms with E-state index in [2.05, 4.69) is 5.16 Å². The Kier molecular flexibility index (Phi) is 2.69.